The standard InChI is InChI=1S/C22H17F3N6O3/c1-12-7-18(29-26-10-12)31-21(32)28-20(27-14-3-5-15(34-2)6-4-14)30(22(31)33)11-13-8-16(23)19(25)17(24)9-13/h3-10H,11H2,1-2H3,(H,27,28,32). The summed E-state index contributed by atoms with van der Waals surface area (Å²) in [5, 5.41) is 10.4. The van der Waals surface area contributed by atoms with Gasteiger partial charge in [-0.05, 0) is 60.5 Å². The van der Waals surface area contributed by atoms with Crippen molar-refractivity contribution in [2.45, 2.75) is 13.5 Å². The van der Waals surface area contributed by atoms with Crippen LogP contribution in [0, 0.1) is 24.4 Å². The van der Waals surface area contributed by atoms with Crippen LogP contribution in [0.1, 0.15) is 11.1 Å². The molecule has 0 fully saturated rings. The highest BCUT2D eigenvalue weighted by atomic mass is 19.2. The van der Waals surface area contributed by atoms with E-state index in [1.165, 1.54) is 19.4 Å². The quantitative estimate of drug-likeness (QED) is 0.432. The van der Waals surface area contributed by atoms with Crippen molar-refractivity contribution in [2.24, 2.45) is 0 Å². The molecule has 4 aromatic rings. The van der Waals surface area contributed by atoms with Crippen LogP contribution in [0.2, 0.25) is 0 Å². The number of anilines is 2. The summed E-state index contributed by atoms with van der Waals surface area (Å²) >= 11 is 0. The molecule has 0 unspecified atom stereocenters. The molecule has 34 heavy (non-hydrogen) atoms. The number of benzene rings is 2. The van der Waals surface area contributed by atoms with Crippen LogP contribution in [0.3, 0.4) is 0 Å². The van der Waals surface area contributed by atoms with Gasteiger partial charge in [0.25, 0.3) is 0 Å². The molecule has 2 aromatic carbocycles. The van der Waals surface area contributed by atoms with E-state index in [1.54, 1.807) is 31.2 Å². The van der Waals surface area contributed by atoms with Crippen molar-refractivity contribution < 1.29 is 17.9 Å². The van der Waals surface area contributed by atoms with Gasteiger partial charge in [-0.2, -0.15) is 14.6 Å². The summed E-state index contributed by atoms with van der Waals surface area (Å²) in [5.74, 6) is -4.18. The lowest BCUT2D eigenvalue weighted by molar-refractivity contribution is 0.415. The molecule has 2 aromatic heterocycles. The van der Waals surface area contributed by atoms with E-state index in [2.05, 4.69) is 20.5 Å². The van der Waals surface area contributed by atoms with E-state index >= 15 is 0 Å². The molecule has 9 nitrogen and oxygen atoms in total. The van der Waals surface area contributed by atoms with Crippen LogP contribution in [0.5, 0.6) is 5.75 Å². The fourth-order valence-electron chi connectivity index (χ4n) is 3.17. The summed E-state index contributed by atoms with van der Waals surface area (Å²) < 4.78 is 47.8. The Morgan fingerprint density at radius 2 is 1.71 bits per heavy atom. The SMILES string of the molecule is COc1ccc(Nc2nc(=O)n(-c3cc(C)cnn3)c(=O)n2Cc2cc(F)c(F)c(F)c2)cc1. The third-order valence-corrected chi connectivity index (χ3v) is 4.81. The van der Waals surface area contributed by atoms with E-state index in [0.717, 1.165) is 16.7 Å². The van der Waals surface area contributed by atoms with Crippen LogP contribution in [0.15, 0.2) is 58.3 Å². The summed E-state index contributed by atoms with van der Waals surface area (Å²) in [7, 11) is 1.50. The summed E-state index contributed by atoms with van der Waals surface area (Å²) in [6.45, 7) is 1.26. The van der Waals surface area contributed by atoms with Crippen LogP contribution in [-0.4, -0.2) is 31.4 Å². The lowest BCUT2D eigenvalue weighted by atomic mass is 10.2. The minimum Gasteiger partial charge on any atom is -0.497 e. The zero-order valence-corrected chi connectivity index (χ0v) is 17.9. The minimum atomic E-state index is -1.63. The number of hydrogen-bond acceptors (Lipinski definition) is 7. The Labute approximate surface area is 190 Å². The van der Waals surface area contributed by atoms with E-state index in [1.807, 2.05) is 0 Å². The van der Waals surface area contributed by atoms with E-state index < -0.39 is 35.4 Å². The highest BCUT2D eigenvalue weighted by molar-refractivity contribution is 5.54. The molecule has 174 valence electrons. The molecular formula is C22H17F3N6O3. The molecule has 0 saturated carbocycles. The smallest absolute Gasteiger partial charge is 0.360 e. The molecule has 0 spiro atoms. The number of aryl methyl sites for hydroxylation is 1. The van der Waals surface area contributed by atoms with Gasteiger partial charge in [-0.1, -0.05) is 0 Å². The van der Waals surface area contributed by atoms with Crippen molar-refractivity contribution in [3.8, 4) is 11.6 Å². The summed E-state index contributed by atoms with van der Waals surface area (Å²) in [6.07, 6.45) is 1.43. The number of aromatic nitrogens is 5. The largest absolute Gasteiger partial charge is 0.497 e. The second kappa shape index (κ2) is 9.17. The van der Waals surface area contributed by atoms with Gasteiger partial charge in [0.1, 0.15) is 5.75 Å². The molecule has 0 radical (unpaired) electrons. The first kappa shape index (κ1) is 22.7. The molecule has 0 aliphatic heterocycles. The highest BCUT2D eigenvalue weighted by Gasteiger charge is 2.18. The molecule has 0 saturated heterocycles. The maximum Gasteiger partial charge on any atom is 0.360 e. The number of nitrogens with one attached hydrogen (secondary N) is 1. The predicted molar refractivity (Wildman–Crippen MR) is 116 cm³/mol. The van der Waals surface area contributed by atoms with Gasteiger partial charge in [-0.3, -0.25) is 4.57 Å². The van der Waals surface area contributed by atoms with Crippen LogP contribution < -0.4 is 21.4 Å². The molecular weight excluding hydrogens is 453 g/mol. The van der Waals surface area contributed by atoms with Gasteiger partial charge < -0.3 is 10.1 Å². The van der Waals surface area contributed by atoms with Gasteiger partial charge in [-0.15, -0.1) is 5.10 Å². The predicted octanol–water partition coefficient (Wildman–Crippen LogP) is 2.71. The molecule has 0 bridgehead atoms. The number of ether oxygens (including phenoxy) is 1. The molecule has 1 N–H and O–H groups in total. The fraction of sp³-hybridized carbons (Fsp3) is 0.136. The second-order valence-electron chi connectivity index (χ2n) is 7.24. The summed E-state index contributed by atoms with van der Waals surface area (Å²) in [4.78, 5) is 30.0. The number of rotatable bonds is 6. The number of hydrogen-bond donors (Lipinski definition) is 1. The Bertz CT molecular complexity index is 1460. The average molecular weight is 470 g/mol. The molecule has 0 amide bonds. The van der Waals surface area contributed by atoms with Crippen molar-refractivity contribution in [2.75, 3.05) is 12.4 Å². The Morgan fingerprint density at radius 1 is 1.03 bits per heavy atom. The van der Waals surface area contributed by atoms with Crippen LogP contribution >= 0.6 is 0 Å². The topological polar surface area (TPSA) is 104 Å². The normalized spacial score (nSPS) is 10.9. The Hall–Kier alpha value is -4.48. The molecule has 0 aliphatic carbocycles. The molecule has 0 aliphatic rings. The first-order valence-corrected chi connectivity index (χ1v) is 9.85. The summed E-state index contributed by atoms with van der Waals surface area (Å²) in [5.41, 5.74) is -0.843. The van der Waals surface area contributed by atoms with Crippen LogP contribution in [-0.2, 0) is 6.54 Å². The van der Waals surface area contributed by atoms with Crippen molar-refractivity contribution in [3.05, 3.63) is 98.2 Å². The van der Waals surface area contributed by atoms with Crippen LogP contribution in [0.25, 0.3) is 5.82 Å². The molecule has 2 heterocycles. The number of methoxy groups -OCH3 is 1. The zero-order valence-electron chi connectivity index (χ0n) is 17.9. The van der Waals surface area contributed by atoms with Crippen molar-refractivity contribution in [3.63, 3.8) is 0 Å². The fourth-order valence-corrected chi connectivity index (χ4v) is 3.17. The average Bonchev–Trinajstić information content (AvgIpc) is 2.80. The van der Waals surface area contributed by atoms with Crippen molar-refractivity contribution in [1.82, 2.24) is 24.3 Å². The highest BCUT2D eigenvalue weighted by Crippen LogP contribution is 2.19. The van der Waals surface area contributed by atoms with Gasteiger partial charge in [0.15, 0.2) is 23.3 Å². The van der Waals surface area contributed by atoms with Crippen molar-refractivity contribution in [1.29, 1.82) is 0 Å². The minimum absolute atomic E-state index is 0.0707. The lowest BCUT2D eigenvalue weighted by Gasteiger charge is -2.16. The van der Waals surface area contributed by atoms with Crippen LogP contribution in [0.4, 0.5) is 24.8 Å². The van der Waals surface area contributed by atoms with Gasteiger partial charge >= 0.3 is 11.4 Å². The third kappa shape index (κ3) is 4.51. The van der Waals surface area contributed by atoms with Gasteiger partial charge in [0.05, 0.1) is 19.9 Å². The number of nitrogens with zero attached hydrogens (tertiary/aromatic N) is 5. The monoisotopic (exact) mass is 470 g/mol. The molecule has 0 atom stereocenters. The number of halogens is 3. The Kier molecular flexibility index (Phi) is 6.13. The third-order valence-electron chi connectivity index (χ3n) is 4.81. The maximum atomic E-state index is 13.8. The van der Waals surface area contributed by atoms with Gasteiger partial charge in [-0.25, -0.2) is 22.8 Å². The molecule has 12 heteroatoms. The van der Waals surface area contributed by atoms with Crippen molar-refractivity contribution >= 4 is 11.6 Å². The van der Waals surface area contributed by atoms with E-state index in [0.29, 0.717) is 21.6 Å². The first-order valence-electron chi connectivity index (χ1n) is 9.85. The van der Waals surface area contributed by atoms with Gasteiger partial charge in [0, 0.05) is 5.69 Å². The molecule has 4 rings (SSSR count). The second-order valence-corrected chi connectivity index (χ2v) is 7.24. The Morgan fingerprint density at radius 3 is 2.32 bits per heavy atom. The van der Waals surface area contributed by atoms with Gasteiger partial charge in [0.2, 0.25) is 5.95 Å². The maximum absolute atomic E-state index is 13.8. The zero-order chi connectivity index (χ0) is 24.4. The van der Waals surface area contributed by atoms with E-state index in [4.69, 9.17) is 4.74 Å². The lowest BCUT2D eigenvalue weighted by Crippen LogP contribution is -2.42. The summed E-state index contributed by atoms with van der Waals surface area (Å²) in [6, 6.07) is 9.47. The van der Waals surface area contributed by atoms with E-state index in [9.17, 15) is 22.8 Å². The first-order chi connectivity index (χ1) is 16.3. The van der Waals surface area contributed by atoms with E-state index in [-0.39, 0.29) is 17.3 Å². The Balaban J connectivity index is 1.87.